The molecule has 0 aliphatic heterocycles. The van der Waals surface area contributed by atoms with Crippen LogP contribution >= 0.6 is 11.8 Å². The topological polar surface area (TPSA) is 92.4 Å². The van der Waals surface area contributed by atoms with Crippen molar-refractivity contribution in [1.29, 1.82) is 0 Å². The van der Waals surface area contributed by atoms with Gasteiger partial charge in [-0.3, -0.25) is 4.79 Å². The highest BCUT2D eigenvalue weighted by Gasteiger charge is 2.15. The van der Waals surface area contributed by atoms with Crippen molar-refractivity contribution >= 4 is 23.6 Å². The summed E-state index contributed by atoms with van der Waals surface area (Å²) >= 11 is 1.38. The predicted octanol–water partition coefficient (Wildman–Crippen LogP) is 2.33. The van der Waals surface area contributed by atoms with Crippen molar-refractivity contribution in [3.8, 4) is 0 Å². The van der Waals surface area contributed by atoms with Crippen molar-refractivity contribution in [2.75, 3.05) is 6.26 Å². The highest BCUT2D eigenvalue weighted by Crippen LogP contribution is 2.17. The molecule has 0 radical (unpaired) electrons. The summed E-state index contributed by atoms with van der Waals surface area (Å²) < 4.78 is 5.30. The Hall–Kier alpha value is -2.28. The van der Waals surface area contributed by atoms with E-state index in [-0.39, 0.29) is 18.0 Å². The number of aromatic nitrogens is 1. The normalized spacial score (nSPS) is 10.4. The molecule has 0 aromatic carbocycles. The minimum atomic E-state index is -1.05. The smallest absolute Gasteiger partial charge is 0.339 e. The van der Waals surface area contributed by atoms with Gasteiger partial charge in [0.15, 0.2) is 0 Å². The number of nitrogens with one attached hydrogen (secondary N) is 1. The number of hydrogen-bond donors (Lipinski definition) is 2. The number of pyridine rings is 1. The zero-order chi connectivity index (χ0) is 15.4. The minimum absolute atomic E-state index is 0.102. The number of rotatable bonds is 5. The number of nitrogens with zero attached hydrogens (tertiary/aromatic N) is 1. The van der Waals surface area contributed by atoms with Gasteiger partial charge in [-0.2, -0.15) is 0 Å². The van der Waals surface area contributed by atoms with E-state index < -0.39 is 5.97 Å². The molecule has 0 unspecified atom stereocenters. The standard InChI is InChI=1S/C14H14N2O4S/c1-8-11(14(18)19)6-9(20-8)7-16-12(17)10-4-3-5-15-13(10)21-2/h3-6H,7H2,1-2H3,(H,16,17)(H,18,19). The van der Waals surface area contributed by atoms with Gasteiger partial charge in [-0.1, -0.05) is 0 Å². The number of carbonyl (C=O) groups is 2. The summed E-state index contributed by atoms with van der Waals surface area (Å²) in [5, 5.41) is 12.3. The zero-order valence-corrected chi connectivity index (χ0v) is 12.4. The molecule has 2 N–H and O–H groups in total. The summed E-state index contributed by atoms with van der Waals surface area (Å²) in [4.78, 5) is 27.1. The lowest BCUT2D eigenvalue weighted by Crippen LogP contribution is -2.23. The van der Waals surface area contributed by atoms with E-state index in [1.54, 1.807) is 25.3 Å². The molecule has 1 amide bonds. The van der Waals surface area contributed by atoms with E-state index in [1.165, 1.54) is 17.8 Å². The molecule has 0 spiro atoms. The number of hydrogen-bond acceptors (Lipinski definition) is 5. The Morgan fingerprint density at radius 3 is 2.81 bits per heavy atom. The molecular formula is C14H14N2O4S. The van der Waals surface area contributed by atoms with Crippen LogP contribution in [-0.4, -0.2) is 28.2 Å². The fourth-order valence-corrected chi connectivity index (χ4v) is 2.38. The average molecular weight is 306 g/mol. The van der Waals surface area contributed by atoms with Gasteiger partial charge in [-0.15, -0.1) is 11.8 Å². The first kappa shape index (κ1) is 15.1. The maximum atomic E-state index is 12.1. The van der Waals surface area contributed by atoms with E-state index in [9.17, 15) is 9.59 Å². The van der Waals surface area contributed by atoms with Crippen LogP contribution in [0.1, 0.15) is 32.2 Å². The first-order valence-electron chi connectivity index (χ1n) is 6.12. The lowest BCUT2D eigenvalue weighted by atomic mass is 10.2. The quantitative estimate of drug-likeness (QED) is 0.824. The second-order valence-electron chi connectivity index (χ2n) is 4.23. The Kier molecular flexibility index (Phi) is 4.64. The lowest BCUT2D eigenvalue weighted by molar-refractivity contribution is 0.0694. The molecule has 110 valence electrons. The summed E-state index contributed by atoms with van der Waals surface area (Å²) in [6.45, 7) is 1.69. The van der Waals surface area contributed by atoms with Gasteiger partial charge in [-0.05, 0) is 31.4 Å². The molecule has 2 aromatic rings. The fourth-order valence-electron chi connectivity index (χ4n) is 1.83. The zero-order valence-electron chi connectivity index (χ0n) is 11.5. The van der Waals surface area contributed by atoms with Crippen LogP contribution in [0.15, 0.2) is 33.8 Å². The van der Waals surface area contributed by atoms with Crippen LogP contribution in [0.5, 0.6) is 0 Å². The Bertz CT molecular complexity index is 681. The molecular weight excluding hydrogens is 292 g/mol. The molecule has 0 saturated heterocycles. The molecule has 0 atom stereocenters. The van der Waals surface area contributed by atoms with Crippen LogP contribution in [0.4, 0.5) is 0 Å². The molecule has 6 nitrogen and oxygen atoms in total. The summed E-state index contributed by atoms with van der Waals surface area (Å²) in [5.41, 5.74) is 0.581. The first-order valence-corrected chi connectivity index (χ1v) is 7.35. The lowest BCUT2D eigenvalue weighted by Gasteiger charge is -2.06. The molecule has 0 bridgehead atoms. The van der Waals surface area contributed by atoms with E-state index in [1.807, 2.05) is 6.26 Å². The van der Waals surface area contributed by atoms with Crippen molar-refractivity contribution in [2.45, 2.75) is 18.5 Å². The Morgan fingerprint density at radius 1 is 1.43 bits per heavy atom. The summed E-state index contributed by atoms with van der Waals surface area (Å²) in [7, 11) is 0. The van der Waals surface area contributed by atoms with Gasteiger partial charge in [0.25, 0.3) is 5.91 Å². The second-order valence-corrected chi connectivity index (χ2v) is 5.03. The number of thioether (sulfide) groups is 1. The van der Waals surface area contributed by atoms with Crippen LogP contribution in [0.25, 0.3) is 0 Å². The van der Waals surface area contributed by atoms with Gasteiger partial charge in [0, 0.05) is 6.20 Å². The van der Waals surface area contributed by atoms with Crippen molar-refractivity contribution in [1.82, 2.24) is 10.3 Å². The van der Waals surface area contributed by atoms with Crippen molar-refractivity contribution < 1.29 is 19.1 Å². The van der Waals surface area contributed by atoms with E-state index in [0.717, 1.165) is 0 Å². The van der Waals surface area contributed by atoms with Crippen molar-refractivity contribution in [3.63, 3.8) is 0 Å². The van der Waals surface area contributed by atoms with Gasteiger partial charge in [0.2, 0.25) is 0 Å². The SMILES string of the molecule is CSc1ncccc1C(=O)NCc1cc(C(=O)O)c(C)o1. The van der Waals surface area contributed by atoms with Crippen LogP contribution in [-0.2, 0) is 6.54 Å². The third-order valence-electron chi connectivity index (χ3n) is 2.83. The van der Waals surface area contributed by atoms with E-state index in [4.69, 9.17) is 9.52 Å². The Morgan fingerprint density at radius 2 is 2.19 bits per heavy atom. The van der Waals surface area contributed by atoms with E-state index in [0.29, 0.717) is 22.1 Å². The second kappa shape index (κ2) is 6.45. The molecule has 0 aliphatic carbocycles. The molecule has 2 rings (SSSR count). The molecule has 2 aromatic heterocycles. The van der Waals surface area contributed by atoms with Gasteiger partial charge < -0.3 is 14.8 Å². The van der Waals surface area contributed by atoms with Gasteiger partial charge >= 0.3 is 5.97 Å². The summed E-state index contributed by atoms with van der Waals surface area (Å²) in [6.07, 6.45) is 3.46. The number of furan rings is 1. The Labute approximate surface area is 125 Å². The number of carbonyl (C=O) groups excluding carboxylic acids is 1. The number of carboxylic acids is 1. The molecule has 0 fully saturated rings. The third kappa shape index (κ3) is 3.43. The number of aromatic carboxylic acids is 1. The van der Waals surface area contributed by atoms with E-state index in [2.05, 4.69) is 10.3 Å². The van der Waals surface area contributed by atoms with Crippen LogP contribution in [0, 0.1) is 6.92 Å². The molecule has 21 heavy (non-hydrogen) atoms. The monoisotopic (exact) mass is 306 g/mol. The average Bonchev–Trinajstić information content (AvgIpc) is 2.86. The third-order valence-corrected chi connectivity index (χ3v) is 3.54. The van der Waals surface area contributed by atoms with E-state index >= 15 is 0 Å². The van der Waals surface area contributed by atoms with Crippen LogP contribution in [0.3, 0.4) is 0 Å². The van der Waals surface area contributed by atoms with Crippen molar-refractivity contribution in [3.05, 3.63) is 47.0 Å². The number of amides is 1. The van der Waals surface area contributed by atoms with Crippen molar-refractivity contribution in [2.24, 2.45) is 0 Å². The van der Waals surface area contributed by atoms with Gasteiger partial charge in [0.05, 0.1) is 12.1 Å². The molecule has 0 aliphatic rings. The minimum Gasteiger partial charge on any atom is -0.478 e. The van der Waals surface area contributed by atoms with Crippen LogP contribution in [0.2, 0.25) is 0 Å². The fraction of sp³-hybridized carbons (Fsp3) is 0.214. The number of aryl methyl sites for hydroxylation is 1. The number of carboxylic acid groups (broad SMARTS) is 1. The summed E-state index contributed by atoms with van der Waals surface area (Å²) in [6, 6.07) is 4.79. The van der Waals surface area contributed by atoms with Gasteiger partial charge in [-0.25, -0.2) is 9.78 Å². The van der Waals surface area contributed by atoms with Gasteiger partial charge in [0.1, 0.15) is 22.1 Å². The molecule has 2 heterocycles. The predicted molar refractivity (Wildman–Crippen MR) is 77.6 cm³/mol. The highest BCUT2D eigenvalue weighted by molar-refractivity contribution is 7.98. The largest absolute Gasteiger partial charge is 0.478 e. The van der Waals surface area contributed by atoms with Crippen LogP contribution < -0.4 is 5.32 Å². The maximum absolute atomic E-state index is 12.1. The summed E-state index contributed by atoms with van der Waals surface area (Å²) in [5.74, 6) is -0.616. The molecule has 7 heteroatoms. The molecule has 0 saturated carbocycles. The Balaban J connectivity index is 2.07. The highest BCUT2D eigenvalue weighted by atomic mass is 32.2. The maximum Gasteiger partial charge on any atom is 0.339 e. The first-order chi connectivity index (χ1) is 10.0.